The highest BCUT2D eigenvalue weighted by molar-refractivity contribution is 7.18. The van der Waals surface area contributed by atoms with Crippen LogP contribution in [-0.2, 0) is 17.9 Å². The van der Waals surface area contributed by atoms with E-state index >= 15 is 0 Å². The molecule has 0 aliphatic carbocycles. The van der Waals surface area contributed by atoms with E-state index in [9.17, 15) is 14.0 Å². The number of amides is 1. The van der Waals surface area contributed by atoms with Crippen LogP contribution < -0.4 is 10.9 Å². The first-order chi connectivity index (χ1) is 12.8. The van der Waals surface area contributed by atoms with Gasteiger partial charge in [-0.2, -0.15) is 0 Å². The minimum atomic E-state index is -0.379. The summed E-state index contributed by atoms with van der Waals surface area (Å²) in [6, 6.07) is 5.49. The van der Waals surface area contributed by atoms with Crippen molar-refractivity contribution in [2.75, 3.05) is 19.4 Å². The maximum Gasteiger partial charge on any atom is 0.263 e. The second kappa shape index (κ2) is 7.58. The molecular weight excluding hydrogens is 367 g/mol. The zero-order chi connectivity index (χ0) is 19.7. The number of rotatable bonds is 5. The Balaban J connectivity index is 1.99. The molecular formula is C19H21FN4O2S. The van der Waals surface area contributed by atoms with Gasteiger partial charge in [-0.05, 0) is 57.8 Å². The Morgan fingerprint density at radius 3 is 2.56 bits per heavy atom. The number of nitrogens with zero attached hydrogens (tertiary/aromatic N) is 3. The van der Waals surface area contributed by atoms with E-state index in [1.165, 1.54) is 40.2 Å². The van der Waals surface area contributed by atoms with Crippen molar-refractivity contribution in [3.8, 4) is 0 Å². The van der Waals surface area contributed by atoms with Gasteiger partial charge in [-0.15, -0.1) is 11.3 Å². The van der Waals surface area contributed by atoms with Gasteiger partial charge in [-0.25, -0.2) is 9.37 Å². The van der Waals surface area contributed by atoms with Crippen molar-refractivity contribution < 1.29 is 9.18 Å². The molecule has 0 fully saturated rings. The maximum atomic E-state index is 13.1. The molecule has 0 unspecified atom stereocenters. The number of hydrogen-bond donors (Lipinski definition) is 1. The SMILES string of the molecule is Cc1sc2nc(CN(C)C)n(CC(=O)Nc3ccc(F)cc3)c(=O)c2c1C. The van der Waals surface area contributed by atoms with Crippen LogP contribution in [-0.4, -0.2) is 34.5 Å². The first-order valence-electron chi connectivity index (χ1n) is 8.46. The van der Waals surface area contributed by atoms with E-state index in [-0.39, 0.29) is 23.8 Å². The second-order valence-corrected chi connectivity index (χ2v) is 7.88. The zero-order valence-electron chi connectivity index (χ0n) is 15.7. The molecule has 2 heterocycles. The van der Waals surface area contributed by atoms with Crippen LogP contribution in [0.4, 0.5) is 10.1 Å². The number of thiophene rings is 1. The summed E-state index contributed by atoms with van der Waals surface area (Å²) in [6.45, 7) is 4.13. The molecule has 8 heteroatoms. The molecule has 1 aromatic carbocycles. The lowest BCUT2D eigenvalue weighted by Gasteiger charge is -2.16. The third kappa shape index (κ3) is 4.06. The van der Waals surface area contributed by atoms with E-state index in [0.29, 0.717) is 28.3 Å². The zero-order valence-corrected chi connectivity index (χ0v) is 16.5. The van der Waals surface area contributed by atoms with Gasteiger partial charge in [0, 0.05) is 10.6 Å². The van der Waals surface area contributed by atoms with Crippen molar-refractivity contribution in [1.82, 2.24) is 14.5 Å². The highest BCUT2D eigenvalue weighted by Gasteiger charge is 2.18. The first-order valence-corrected chi connectivity index (χ1v) is 9.27. The average Bonchev–Trinajstić information content (AvgIpc) is 2.87. The van der Waals surface area contributed by atoms with E-state index in [2.05, 4.69) is 10.3 Å². The first kappa shape index (κ1) is 19.2. The van der Waals surface area contributed by atoms with Crippen LogP contribution in [0.1, 0.15) is 16.3 Å². The van der Waals surface area contributed by atoms with E-state index < -0.39 is 0 Å². The van der Waals surface area contributed by atoms with Crippen LogP contribution in [0, 0.1) is 19.7 Å². The molecule has 3 aromatic rings. The van der Waals surface area contributed by atoms with Crippen molar-refractivity contribution in [3.63, 3.8) is 0 Å². The van der Waals surface area contributed by atoms with Crippen LogP contribution in [0.2, 0.25) is 0 Å². The Labute approximate surface area is 160 Å². The van der Waals surface area contributed by atoms with Crippen LogP contribution in [0.5, 0.6) is 0 Å². The van der Waals surface area contributed by atoms with Crippen LogP contribution >= 0.6 is 11.3 Å². The molecule has 0 aliphatic rings. The molecule has 0 bridgehead atoms. The number of aryl methyl sites for hydroxylation is 2. The predicted molar refractivity (Wildman–Crippen MR) is 106 cm³/mol. The van der Waals surface area contributed by atoms with Gasteiger partial charge in [0.15, 0.2) is 0 Å². The number of nitrogens with one attached hydrogen (secondary N) is 1. The van der Waals surface area contributed by atoms with E-state index in [1.54, 1.807) is 0 Å². The summed E-state index contributed by atoms with van der Waals surface area (Å²) in [7, 11) is 3.76. The summed E-state index contributed by atoms with van der Waals surface area (Å²) in [6.07, 6.45) is 0. The number of carbonyl (C=O) groups is 1. The summed E-state index contributed by atoms with van der Waals surface area (Å²) in [5, 5.41) is 3.25. The highest BCUT2D eigenvalue weighted by atomic mass is 32.1. The number of benzene rings is 1. The molecule has 0 saturated carbocycles. The van der Waals surface area contributed by atoms with Crippen molar-refractivity contribution in [2.24, 2.45) is 0 Å². The maximum absolute atomic E-state index is 13.1. The topological polar surface area (TPSA) is 67.2 Å². The number of carbonyl (C=O) groups excluding carboxylic acids is 1. The largest absolute Gasteiger partial charge is 0.325 e. The number of hydrogen-bond acceptors (Lipinski definition) is 5. The quantitative estimate of drug-likeness (QED) is 0.730. The summed E-state index contributed by atoms with van der Waals surface area (Å²) >= 11 is 1.49. The average molecular weight is 388 g/mol. The minimum Gasteiger partial charge on any atom is -0.325 e. The number of aromatic nitrogens is 2. The molecule has 1 amide bonds. The Hall–Kier alpha value is -2.58. The standard InChI is InChI=1S/C19H21FN4O2S/c1-11-12(2)27-18-17(11)19(26)24(15(22-18)9-23(3)4)10-16(25)21-14-7-5-13(20)6-8-14/h5-8H,9-10H2,1-4H3,(H,21,25). The third-order valence-electron chi connectivity index (χ3n) is 4.26. The van der Waals surface area contributed by atoms with Gasteiger partial charge in [0.05, 0.1) is 11.9 Å². The molecule has 1 N–H and O–H groups in total. The molecule has 6 nitrogen and oxygen atoms in total. The van der Waals surface area contributed by atoms with Crippen LogP contribution in [0.3, 0.4) is 0 Å². The summed E-state index contributed by atoms with van der Waals surface area (Å²) in [4.78, 5) is 33.8. The fraction of sp³-hybridized carbons (Fsp3) is 0.316. The third-order valence-corrected chi connectivity index (χ3v) is 5.36. The molecule has 142 valence electrons. The van der Waals surface area contributed by atoms with Gasteiger partial charge >= 0.3 is 0 Å². The number of halogens is 1. The number of anilines is 1. The fourth-order valence-corrected chi connectivity index (χ4v) is 3.85. The summed E-state index contributed by atoms with van der Waals surface area (Å²) < 4.78 is 14.4. The Kier molecular flexibility index (Phi) is 5.38. The molecule has 0 spiro atoms. The molecule has 27 heavy (non-hydrogen) atoms. The Bertz CT molecular complexity index is 1050. The smallest absolute Gasteiger partial charge is 0.263 e. The predicted octanol–water partition coefficient (Wildman–Crippen LogP) is 2.91. The van der Waals surface area contributed by atoms with Gasteiger partial charge in [-0.1, -0.05) is 0 Å². The summed E-state index contributed by atoms with van der Waals surface area (Å²) in [5.74, 6) is -0.210. The molecule has 3 rings (SSSR count). The van der Waals surface area contributed by atoms with Gasteiger partial charge in [0.1, 0.15) is 23.0 Å². The highest BCUT2D eigenvalue weighted by Crippen LogP contribution is 2.26. The Morgan fingerprint density at radius 2 is 1.93 bits per heavy atom. The van der Waals surface area contributed by atoms with Gasteiger partial charge in [-0.3, -0.25) is 14.2 Å². The van der Waals surface area contributed by atoms with Crippen LogP contribution in [0.15, 0.2) is 29.1 Å². The van der Waals surface area contributed by atoms with E-state index in [0.717, 1.165) is 10.4 Å². The molecule has 0 radical (unpaired) electrons. The minimum absolute atomic E-state index is 0.156. The van der Waals surface area contributed by atoms with Crippen molar-refractivity contribution >= 4 is 33.1 Å². The van der Waals surface area contributed by atoms with E-state index in [4.69, 9.17) is 0 Å². The normalized spacial score (nSPS) is 11.3. The second-order valence-electron chi connectivity index (χ2n) is 6.68. The van der Waals surface area contributed by atoms with Gasteiger partial charge in [0.25, 0.3) is 5.56 Å². The monoisotopic (exact) mass is 388 g/mol. The molecule has 0 aliphatic heterocycles. The lowest BCUT2D eigenvalue weighted by molar-refractivity contribution is -0.116. The Morgan fingerprint density at radius 1 is 1.26 bits per heavy atom. The van der Waals surface area contributed by atoms with Crippen molar-refractivity contribution in [3.05, 3.63) is 56.7 Å². The van der Waals surface area contributed by atoms with Crippen molar-refractivity contribution in [1.29, 1.82) is 0 Å². The van der Waals surface area contributed by atoms with Gasteiger partial charge in [0.2, 0.25) is 5.91 Å². The molecule has 0 atom stereocenters. The molecule has 0 saturated heterocycles. The van der Waals surface area contributed by atoms with Crippen molar-refractivity contribution in [2.45, 2.75) is 26.9 Å². The molecule has 2 aromatic heterocycles. The fourth-order valence-electron chi connectivity index (χ4n) is 2.81. The summed E-state index contributed by atoms with van der Waals surface area (Å²) in [5.41, 5.74) is 1.16. The lowest BCUT2D eigenvalue weighted by atomic mass is 10.2. The van der Waals surface area contributed by atoms with Gasteiger partial charge < -0.3 is 10.2 Å². The van der Waals surface area contributed by atoms with E-state index in [1.807, 2.05) is 32.8 Å². The lowest BCUT2D eigenvalue weighted by Crippen LogP contribution is -2.32. The number of fused-ring (bicyclic) bond motifs is 1. The van der Waals surface area contributed by atoms with Crippen LogP contribution in [0.25, 0.3) is 10.2 Å².